The highest BCUT2D eigenvalue weighted by Crippen LogP contribution is 2.28. The number of hydrogen-bond acceptors (Lipinski definition) is 3. The summed E-state index contributed by atoms with van der Waals surface area (Å²) in [4.78, 5) is 23.4. The summed E-state index contributed by atoms with van der Waals surface area (Å²) in [6.45, 7) is 4.56. The van der Waals surface area contributed by atoms with Gasteiger partial charge in [-0.2, -0.15) is 0 Å². The minimum Gasteiger partial charge on any atom is -0.373 e. The molecule has 0 radical (unpaired) electrons. The van der Waals surface area contributed by atoms with Crippen LogP contribution in [0.15, 0.2) is 6.07 Å². The second-order valence-corrected chi connectivity index (χ2v) is 4.67. The zero-order valence-electron chi connectivity index (χ0n) is 9.79. The van der Waals surface area contributed by atoms with E-state index in [0.29, 0.717) is 11.1 Å². The fourth-order valence-corrected chi connectivity index (χ4v) is 2.43. The first-order chi connectivity index (χ1) is 8.08. The zero-order chi connectivity index (χ0) is 12.2. The Balaban J connectivity index is 2.15. The van der Waals surface area contributed by atoms with Gasteiger partial charge in [0.05, 0.1) is 23.8 Å². The Labute approximate surface area is 99.0 Å². The average molecular weight is 231 g/mol. The van der Waals surface area contributed by atoms with Crippen molar-refractivity contribution in [3.63, 3.8) is 0 Å². The van der Waals surface area contributed by atoms with E-state index in [2.05, 4.69) is 5.32 Å². The SMILES string of the molecule is Cc1cc(CC2CO2)c(C)c2c1C(=O)NC2=O. The van der Waals surface area contributed by atoms with Gasteiger partial charge in [0, 0.05) is 6.42 Å². The van der Waals surface area contributed by atoms with E-state index in [4.69, 9.17) is 4.74 Å². The summed E-state index contributed by atoms with van der Waals surface area (Å²) in [5.41, 5.74) is 3.96. The van der Waals surface area contributed by atoms with Gasteiger partial charge in [-0.05, 0) is 30.5 Å². The Bertz CT molecular complexity index is 544. The number of nitrogens with one attached hydrogen (secondary N) is 1. The number of aryl methyl sites for hydroxylation is 1. The molecule has 17 heavy (non-hydrogen) atoms. The van der Waals surface area contributed by atoms with Crippen LogP contribution in [0.4, 0.5) is 0 Å². The van der Waals surface area contributed by atoms with Crippen LogP contribution in [-0.2, 0) is 11.2 Å². The van der Waals surface area contributed by atoms with E-state index in [1.165, 1.54) is 0 Å². The summed E-state index contributed by atoms with van der Waals surface area (Å²) in [5.74, 6) is -0.552. The van der Waals surface area contributed by atoms with Crippen molar-refractivity contribution in [2.45, 2.75) is 26.4 Å². The lowest BCUT2D eigenvalue weighted by Crippen LogP contribution is -2.20. The van der Waals surface area contributed by atoms with E-state index in [9.17, 15) is 9.59 Å². The standard InChI is InChI=1S/C13H13NO3/c1-6-3-8(4-9-5-17-9)7(2)11-10(6)12(15)14-13(11)16/h3,9H,4-5H2,1-2H3,(H,14,15,16). The maximum atomic E-state index is 11.7. The Morgan fingerprint density at radius 1 is 1.29 bits per heavy atom. The predicted octanol–water partition coefficient (Wildman–Crippen LogP) is 1.13. The highest BCUT2D eigenvalue weighted by atomic mass is 16.6. The molecule has 2 aliphatic rings. The summed E-state index contributed by atoms with van der Waals surface area (Å²) in [6.07, 6.45) is 1.10. The minimum atomic E-state index is -0.278. The van der Waals surface area contributed by atoms with Crippen LogP contribution in [0, 0.1) is 13.8 Å². The molecular formula is C13H13NO3. The van der Waals surface area contributed by atoms with E-state index in [1.807, 2.05) is 19.9 Å². The molecule has 0 aliphatic carbocycles. The third-order valence-electron chi connectivity index (χ3n) is 3.42. The largest absolute Gasteiger partial charge is 0.373 e. The van der Waals surface area contributed by atoms with Crippen LogP contribution in [-0.4, -0.2) is 24.5 Å². The number of rotatable bonds is 2. The first-order valence-electron chi connectivity index (χ1n) is 5.68. The smallest absolute Gasteiger partial charge is 0.259 e. The summed E-state index contributed by atoms with van der Waals surface area (Å²) in [7, 11) is 0. The summed E-state index contributed by atoms with van der Waals surface area (Å²) < 4.78 is 5.21. The van der Waals surface area contributed by atoms with Gasteiger partial charge in [0.2, 0.25) is 0 Å². The highest BCUT2D eigenvalue weighted by molar-refractivity contribution is 6.22. The molecule has 0 saturated carbocycles. The third-order valence-corrected chi connectivity index (χ3v) is 3.42. The van der Waals surface area contributed by atoms with E-state index in [-0.39, 0.29) is 17.9 Å². The first kappa shape index (κ1) is 10.5. The number of ether oxygens (including phenoxy) is 1. The van der Waals surface area contributed by atoms with Gasteiger partial charge in [0.25, 0.3) is 11.8 Å². The predicted molar refractivity (Wildman–Crippen MR) is 61.2 cm³/mol. The number of epoxide rings is 1. The molecule has 2 aliphatic heterocycles. The molecule has 4 nitrogen and oxygen atoms in total. The fraction of sp³-hybridized carbons (Fsp3) is 0.385. The first-order valence-corrected chi connectivity index (χ1v) is 5.68. The van der Waals surface area contributed by atoms with Gasteiger partial charge >= 0.3 is 0 Å². The summed E-state index contributed by atoms with van der Waals surface area (Å²) >= 11 is 0. The molecule has 1 saturated heterocycles. The van der Waals surface area contributed by atoms with Crippen LogP contribution in [0.3, 0.4) is 0 Å². The van der Waals surface area contributed by atoms with Crippen LogP contribution < -0.4 is 5.32 Å². The van der Waals surface area contributed by atoms with E-state index in [0.717, 1.165) is 29.7 Å². The maximum Gasteiger partial charge on any atom is 0.259 e. The average Bonchev–Trinajstić information content (AvgIpc) is 3.00. The number of carbonyl (C=O) groups excluding carboxylic acids is 2. The van der Waals surface area contributed by atoms with Crippen LogP contribution in [0.2, 0.25) is 0 Å². The van der Waals surface area contributed by atoms with E-state index >= 15 is 0 Å². The van der Waals surface area contributed by atoms with Crippen molar-refractivity contribution in [3.05, 3.63) is 33.9 Å². The Morgan fingerprint density at radius 2 is 1.94 bits per heavy atom. The van der Waals surface area contributed by atoms with Gasteiger partial charge < -0.3 is 4.74 Å². The van der Waals surface area contributed by atoms with Gasteiger partial charge in [-0.15, -0.1) is 0 Å². The molecule has 1 aromatic rings. The van der Waals surface area contributed by atoms with Gasteiger partial charge in [-0.25, -0.2) is 0 Å². The molecule has 2 amide bonds. The molecule has 0 spiro atoms. The van der Waals surface area contributed by atoms with Crippen molar-refractivity contribution in [3.8, 4) is 0 Å². The number of benzene rings is 1. The van der Waals surface area contributed by atoms with E-state index in [1.54, 1.807) is 0 Å². The second-order valence-electron chi connectivity index (χ2n) is 4.67. The molecular weight excluding hydrogens is 218 g/mol. The molecule has 2 heterocycles. The zero-order valence-corrected chi connectivity index (χ0v) is 9.79. The number of fused-ring (bicyclic) bond motifs is 1. The molecule has 88 valence electrons. The number of imide groups is 1. The van der Waals surface area contributed by atoms with Crippen molar-refractivity contribution < 1.29 is 14.3 Å². The van der Waals surface area contributed by atoms with Crippen molar-refractivity contribution in [2.75, 3.05) is 6.61 Å². The number of hydrogen-bond donors (Lipinski definition) is 1. The molecule has 0 aromatic heterocycles. The number of amides is 2. The summed E-state index contributed by atoms with van der Waals surface area (Å²) in [6, 6.07) is 1.99. The monoisotopic (exact) mass is 231 g/mol. The lowest BCUT2D eigenvalue weighted by Gasteiger charge is -2.10. The normalized spacial score (nSPS) is 21.4. The third kappa shape index (κ3) is 1.56. The maximum absolute atomic E-state index is 11.7. The van der Waals surface area contributed by atoms with Gasteiger partial charge in [0.15, 0.2) is 0 Å². The molecule has 0 bridgehead atoms. The van der Waals surface area contributed by atoms with Crippen LogP contribution in [0.1, 0.15) is 37.4 Å². The van der Waals surface area contributed by atoms with Crippen molar-refractivity contribution in [2.24, 2.45) is 0 Å². The van der Waals surface area contributed by atoms with Gasteiger partial charge in [0.1, 0.15) is 0 Å². The molecule has 1 fully saturated rings. The Kier molecular flexibility index (Phi) is 2.10. The van der Waals surface area contributed by atoms with Crippen molar-refractivity contribution in [1.82, 2.24) is 5.32 Å². The van der Waals surface area contributed by atoms with E-state index < -0.39 is 0 Å². The summed E-state index contributed by atoms with van der Waals surface area (Å²) in [5, 5.41) is 2.35. The highest BCUT2D eigenvalue weighted by Gasteiger charge is 2.32. The molecule has 1 atom stereocenters. The molecule has 1 N–H and O–H groups in total. The van der Waals surface area contributed by atoms with Crippen molar-refractivity contribution >= 4 is 11.8 Å². The Hall–Kier alpha value is -1.68. The second kappa shape index (κ2) is 3.40. The molecule has 1 unspecified atom stereocenters. The van der Waals surface area contributed by atoms with Gasteiger partial charge in [-0.1, -0.05) is 6.07 Å². The topological polar surface area (TPSA) is 58.7 Å². The van der Waals surface area contributed by atoms with Crippen LogP contribution in [0.25, 0.3) is 0 Å². The van der Waals surface area contributed by atoms with Gasteiger partial charge in [-0.3, -0.25) is 14.9 Å². The molecule has 1 aromatic carbocycles. The Morgan fingerprint density at radius 3 is 2.59 bits per heavy atom. The number of carbonyl (C=O) groups is 2. The van der Waals surface area contributed by atoms with Crippen LogP contribution in [0.5, 0.6) is 0 Å². The molecule has 3 rings (SSSR count). The fourth-order valence-electron chi connectivity index (χ4n) is 2.43. The molecule has 4 heteroatoms. The quantitative estimate of drug-likeness (QED) is 0.613. The minimum absolute atomic E-state index is 0.274. The van der Waals surface area contributed by atoms with Crippen LogP contribution >= 0.6 is 0 Å². The van der Waals surface area contributed by atoms with Crippen molar-refractivity contribution in [1.29, 1.82) is 0 Å². The lowest BCUT2D eigenvalue weighted by atomic mass is 9.92. The lowest BCUT2D eigenvalue weighted by molar-refractivity contribution is 0.0879.